The van der Waals surface area contributed by atoms with E-state index in [1.54, 1.807) is 18.2 Å². The summed E-state index contributed by atoms with van der Waals surface area (Å²) in [4.78, 5) is 20.9. The van der Waals surface area contributed by atoms with Crippen molar-refractivity contribution in [2.45, 2.75) is 6.54 Å². The Morgan fingerprint density at radius 3 is 2.64 bits per heavy atom. The van der Waals surface area contributed by atoms with E-state index in [0.29, 0.717) is 29.0 Å². The molecule has 0 spiro atoms. The summed E-state index contributed by atoms with van der Waals surface area (Å²) in [6, 6.07) is 21.0. The Bertz CT molecular complexity index is 1680. The summed E-state index contributed by atoms with van der Waals surface area (Å²) in [6.07, 6.45) is 4.24. The van der Waals surface area contributed by atoms with Crippen molar-refractivity contribution < 1.29 is 13.2 Å². The fourth-order valence-corrected chi connectivity index (χ4v) is 4.50. The summed E-state index contributed by atoms with van der Waals surface area (Å²) in [7, 11) is -3.52. The maximum Gasteiger partial charge on any atom is 0.256 e. The SMILES string of the molecule is CS(=O)(=O)CC(=O)N(N)c1ccc2ncnc(Nc3ccc4c(cnn4Cc4ccccc4)c3)c2c1. The molecule has 1 amide bonds. The van der Waals surface area contributed by atoms with Crippen molar-refractivity contribution in [3.63, 3.8) is 0 Å². The highest BCUT2D eigenvalue weighted by atomic mass is 32.2. The molecule has 182 valence electrons. The molecule has 11 heteroatoms. The van der Waals surface area contributed by atoms with Gasteiger partial charge in [0.2, 0.25) is 0 Å². The fraction of sp³-hybridized carbons (Fsp3) is 0.120. The van der Waals surface area contributed by atoms with Gasteiger partial charge < -0.3 is 5.32 Å². The molecule has 0 saturated heterocycles. The molecule has 2 aromatic heterocycles. The van der Waals surface area contributed by atoms with Crippen molar-refractivity contribution in [2.75, 3.05) is 22.3 Å². The predicted octanol–water partition coefficient (Wildman–Crippen LogP) is 3.02. The summed E-state index contributed by atoms with van der Waals surface area (Å²) in [5, 5.41) is 10.2. The van der Waals surface area contributed by atoms with Gasteiger partial charge in [0.15, 0.2) is 9.84 Å². The maximum atomic E-state index is 12.3. The standard InChI is InChI=1S/C25H23N7O3S/c1-36(34,35)15-24(33)32(26)20-8-9-22-21(12-20)25(28-16-27-22)30-19-7-10-23-18(11-19)13-29-31(23)14-17-5-3-2-4-6-17/h2-13,16H,14-15,26H2,1H3,(H,27,28,30). The molecular formula is C25H23N7O3S. The zero-order chi connectivity index (χ0) is 25.3. The molecular weight excluding hydrogens is 478 g/mol. The lowest BCUT2D eigenvalue weighted by molar-refractivity contribution is -0.116. The van der Waals surface area contributed by atoms with Gasteiger partial charge in [-0.3, -0.25) is 9.48 Å². The third-order valence-corrected chi connectivity index (χ3v) is 6.40. The van der Waals surface area contributed by atoms with Crippen LogP contribution in [0, 0.1) is 0 Å². The first-order valence-corrected chi connectivity index (χ1v) is 13.1. The number of amides is 1. The van der Waals surface area contributed by atoms with Gasteiger partial charge in [0.05, 0.1) is 29.5 Å². The molecule has 0 atom stereocenters. The highest BCUT2D eigenvalue weighted by Gasteiger charge is 2.18. The summed E-state index contributed by atoms with van der Waals surface area (Å²) in [6.45, 7) is 0.671. The lowest BCUT2D eigenvalue weighted by atomic mass is 10.2. The number of nitrogens with two attached hydrogens (primary N) is 1. The zero-order valence-electron chi connectivity index (χ0n) is 19.4. The van der Waals surface area contributed by atoms with Crippen LogP contribution in [0.3, 0.4) is 0 Å². The Labute approximate surface area is 207 Å². The quantitative estimate of drug-likeness (QED) is 0.197. The van der Waals surface area contributed by atoms with Crippen LogP contribution in [0.5, 0.6) is 0 Å². The molecule has 3 N–H and O–H groups in total. The molecule has 0 fully saturated rings. The van der Waals surface area contributed by atoms with Gasteiger partial charge in [-0.15, -0.1) is 0 Å². The Balaban J connectivity index is 1.43. The van der Waals surface area contributed by atoms with Crippen molar-refractivity contribution >= 4 is 54.7 Å². The van der Waals surface area contributed by atoms with Gasteiger partial charge in [-0.1, -0.05) is 30.3 Å². The molecule has 0 aliphatic rings. The van der Waals surface area contributed by atoms with E-state index in [1.807, 2.05) is 47.3 Å². The van der Waals surface area contributed by atoms with Crippen LogP contribution < -0.4 is 16.2 Å². The van der Waals surface area contributed by atoms with Crippen molar-refractivity contribution in [3.05, 3.63) is 84.8 Å². The van der Waals surface area contributed by atoms with Crippen molar-refractivity contribution in [2.24, 2.45) is 5.84 Å². The Kier molecular flexibility index (Phi) is 6.08. The van der Waals surface area contributed by atoms with E-state index in [9.17, 15) is 13.2 Å². The van der Waals surface area contributed by atoms with Crippen LogP contribution in [0.2, 0.25) is 0 Å². The average Bonchev–Trinajstić information content (AvgIpc) is 3.25. The first-order valence-electron chi connectivity index (χ1n) is 11.0. The number of sulfone groups is 1. The Morgan fingerprint density at radius 2 is 1.86 bits per heavy atom. The normalized spacial score (nSPS) is 11.6. The third kappa shape index (κ3) is 5.02. The van der Waals surface area contributed by atoms with Gasteiger partial charge in [-0.25, -0.2) is 29.2 Å². The van der Waals surface area contributed by atoms with Gasteiger partial charge in [0, 0.05) is 22.7 Å². The molecule has 0 aliphatic heterocycles. The van der Waals surface area contributed by atoms with E-state index in [2.05, 4.69) is 32.5 Å². The molecule has 0 saturated carbocycles. The van der Waals surface area contributed by atoms with Gasteiger partial charge in [0.25, 0.3) is 5.91 Å². The predicted molar refractivity (Wildman–Crippen MR) is 139 cm³/mol. The lowest BCUT2D eigenvalue weighted by Crippen LogP contribution is -2.41. The minimum atomic E-state index is -3.52. The number of anilines is 3. The fourth-order valence-electron chi connectivity index (χ4n) is 3.92. The monoisotopic (exact) mass is 501 g/mol. The molecule has 0 radical (unpaired) electrons. The van der Waals surface area contributed by atoms with Gasteiger partial charge >= 0.3 is 0 Å². The number of rotatable bonds is 7. The minimum Gasteiger partial charge on any atom is -0.340 e. The van der Waals surface area contributed by atoms with Crippen LogP contribution in [-0.2, 0) is 21.2 Å². The first-order chi connectivity index (χ1) is 17.3. The second kappa shape index (κ2) is 9.36. The van der Waals surface area contributed by atoms with Crippen LogP contribution in [-0.4, -0.2) is 46.1 Å². The second-order valence-corrected chi connectivity index (χ2v) is 10.6. The van der Waals surface area contributed by atoms with Crippen LogP contribution in [0.15, 0.2) is 79.3 Å². The molecule has 0 aliphatic carbocycles. The lowest BCUT2D eigenvalue weighted by Gasteiger charge is -2.17. The van der Waals surface area contributed by atoms with E-state index < -0.39 is 21.5 Å². The highest BCUT2D eigenvalue weighted by Crippen LogP contribution is 2.28. The number of fused-ring (bicyclic) bond motifs is 2. The van der Waals surface area contributed by atoms with Gasteiger partial charge in [-0.05, 0) is 42.0 Å². The average molecular weight is 502 g/mol. The summed E-state index contributed by atoms with van der Waals surface area (Å²) in [5.41, 5.74) is 3.92. The van der Waals surface area contributed by atoms with Crippen molar-refractivity contribution in [1.29, 1.82) is 0 Å². The number of hydrazine groups is 1. The molecule has 3 aromatic carbocycles. The Hall–Kier alpha value is -4.35. The molecule has 10 nitrogen and oxygen atoms in total. The number of carbonyl (C=O) groups excluding carboxylic acids is 1. The van der Waals surface area contributed by atoms with Gasteiger partial charge in [0.1, 0.15) is 17.9 Å². The smallest absolute Gasteiger partial charge is 0.256 e. The first kappa shape index (κ1) is 23.4. The zero-order valence-corrected chi connectivity index (χ0v) is 20.2. The maximum absolute atomic E-state index is 12.3. The number of aromatic nitrogens is 4. The van der Waals surface area contributed by atoms with E-state index >= 15 is 0 Å². The molecule has 0 bridgehead atoms. The van der Waals surface area contributed by atoms with Crippen LogP contribution >= 0.6 is 0 Å². The molecule has 0 unspecified atom stereocenters. The second-order valence-electron chi connectivity index (χ2n) is 8.44. The molecule has 5 rings (SSSR count). The number of hydrogen-bond donors (Lipinski definition) is 2. The number of hydrogen-bond acceptors (Lipinski definition) is 8. The number of carbonyl (C=O) groups is 1. The summed E-state index contributed by atoms with van der Waals surface area (Å²) >= 11 is 0. The van der Waals surface area contributed by atoms with Crippen molar-refractivity contribution in [3.8, 4) is 0 Å². The number of nitrogens with zero attached hydrogens (tertiary/aromatic N) is 5. The third-order valence-electron chi connectivity index (χ3n) is 5.63. The topological polar surface area (TPSA) is 136 Å². The van der Waals surface area contributed by atoms with E-state index in [-0.39, 0.29) is 0 Å². The van der Waals surface area contributed by atoms with E-state index in [1.165, 1.54) is 6.33 Å². The summed E-state index contributed by atoms with van der Waals surface area (Å²) in [5.74, 6) is 5.00. The van der Waals surface area contributed by atoms with E-state index in [4.69, 9.17) is 5.84 Å². The molecule has 5 aromatic rings. The highest BCUT2D eigenvalue weighted by molar-refractivity contribution is 7.91. The molecule has 36 heavy (non-hydrogen) atoms. The number of nitrogens with one attached hydrogen (secondary N) is 1. The number of benzene rings is 3. The van der Waals surface area contributed by atoms with Crippen LogP contribution in [0.4, 0.5) is 17.2 Å². The van der Waals surface area contributed by atoms with Crippen molar-refractivity contribution in [1.82, 2.24) is 19.7 Å². The summed E-state index contributed by atoms with van der Waals surface area (Å²) < 4.78 is 24.9. The molecule has 2 heterocycles. The van der Waals surface area contributed by atoms with Gasteiger partial charge in [-0.2, -0.15) is 5.10 Å². The van der Waals surface area contributed by atoms with E-state index in [0.717, 1.165) is 33.4 Å². The largest absolute Gasteiger partial charge is 0.340 e. The minimum absolute atomic E-state index is 0.326. The Morgan fingerprint density at radius 1 is 1.06 bits per heavy atom. The van der Waals surface area contributed by atoms with Crippen LogP contribution in [0.1, 0.15) is 5.56 Å². The van der Waals surface area contributed by atoms with Crippen LogP contribution in [0.25, 0.3) is 21.8 Å².